The molecule has 104 valence electrons. The van der Waals surface area contributed by atoms with Crippen LogP contribution in [0.4, 0.5) is 5.69 Å². The number of halogens is 1. The molecule has 19 heavy (non-hydrogen) atoms. The lowest BCUT2D eigenvalue weighted by atomic mass is 10.0. The van der Waals surface area contributed by atoms with E-state index in [-0.39, 0.29) is 6.54 Å². The quantitative estimate of drug-likeness (QED) is 0.887. The lowest BCUT2D eigenvalue weighted by Gasteiger charge is -2.37. The number of hydrogen-bond acceptors (Lipinski definition) is 3. The normalized spacial score (nSPS) is 11.2. The Kier molecular flexibility index (Phi) is 4.57. The standard InChI is InChI=1S/C13H17BrN2O3/c1-13(2,3)16(7-11(17)18)10-5-4-8(14)6-9(10)12(15)19/h4-6H,7H2,1-3H3,(H2,15,19)(H,17,18). The molecule has 1 aromatic carbocycles. The minimum atomic E-state index is -0.965. The average molecular weight is 329 g/mol. The number of rotatable bonds is 4. The third-order valence-electron chi connectivity index (χ3n) is 2.62. The highest BCUT2D eigenvalue weighted by atomic mass is 79.9. The second-order valence-corrected chi connectivity index (χ2v) is 6.09. The van der Waals surface area contributed by atoms with Crippen LogP contribution in [0.25, 0.3) is 0 Å². The van der Waals surface area contributed by atoms with Crippen molar-refractivity contribution >= 4 is 33.5 Å². The van der Waals surface area contributed by atoms with Gasteiger partial charge in [0.2, 0.25) is 0 Å². The Morgan fingerprint density at radius 3 is 2.37 bits per heavy atom. The predicted molar refractivity (Wildman–Crippen MR) is 77.4 cm³/mol. The van der Waals surface area contributed by atoms with Crippen LogP contribution in [-0.4, -0.2) is 29.1 Å². The highest BCUT2D eigenvalue weighted by Crippen LogP contribution is 2.29. The first-order chi connectivity index (χ1) is 8.62. The summed E-state index contributed by atoms with van der Waals surface area (Å²) < 4.78 is 0.717. The van der Waals surface area contributed by atoms with Crippen molar-refractivity contribution in [1.82, 2.24) is 0 Å². The van der Waals surface area contributed by atoms with Gasteiger partial charge in [0.05, 0.1) is 11.3 Å². The molecule has 0 aliphatic heterocycles. The molecule has 1 amide bonds. The van der Waals surface area contributed by atoms with Crippen molar-refractivity contribution in [2.45, 2.75) is 26.3 Å². The number of nitrogens with two attached hydrogens (primary N) is 1. The van der Waals surface area contributed by atoms with Gasteiger partial charge in [-0.2, -0.15) is 0 Å². The number of benzene rings is 1. The van der Waals surface area contributed by atoms with E-state index < -0.39 is 17.4 Å². The maximum atomic E-state index is 11.5. The van der Waals surface area contributed by atoms with E-state index in [1.54, 1.807) is 23.1 Å². The van der Waals surface area contributed by atoms with Crippen molar-refractivity contribution in [2.75, 3.05) is 11.4 Å². The minimum Gasteiger partial charge on any atom is -0.480 e. The first-order valence-electron chi connectivity index (χ1n) is 5.71. The molecule has 6 heteroatoms. The molecule has 0 aliphatic rings. The predicted octanol–water partition coefficient (Wildman–Crippen LogP) is 2.24. The zero-order valence-corrected chi connectivity index (χ0v) is 12.7. The maximum Gasteiger partial charge on any atom is 0.323 e. The molecule has 0 saturated heterocycles. The smallest absolute Gasteiger partial charge is 0.323 e. The van der Waals surface area contributed by atoms with Gasteiger partial charge >= 0.3 is 5.97 Å². The molecule has 0 saturated carbocycles. The number of carboxylic acids is 1. The Bertz CT molecular complexity index is 509. The molecule has 0 aromatic heterocycles. The van der Waals surface area contributed by atoms with Gasteiger partial charge in [0, 0.05) is 10.0 Å². The zero-order valence-electron chi connectivity index (χ0n) is 11.1. The summed E-state index contributed by atoms with van der Waals surface area (Å²) in [6.07, 6.45) is 0. The molecule has 0 atom stereocenters. The van der Waals surface area contributed by atoms with E-state index >= 15 is 0 Å². The van der Waals surface area contributed by atoms with Crippen LogP contribution in [0.2, 0.25) is 0 Å². The number of carboxylic acid groups (broad SMARTS) is 1. The van der Waals surface area contributed by atoms with Crippen LogP contribution in [0, 0.1) is 0 Å². The molecule has 0 aliphatic carbocycles. The maximum absolute atomic E-state index is 11.5. The van der Waals surface area contributed by atoms with Crippen molar-refractivity contribution < 1.29 is 14.7 Å². The molecule has 5 nitrogen and oxygen atoms in total. The Hall–Kier alpha value is -1.56. The Morgan fingerprint density at radius 1 is 1.37 bits per heavy atom. The van der Waals surface area contributed by atoms with E-state index in [9.17, 15) is 9.59 Å². The summed E-state index contributed by atoms with van der Waals surface area (Å²) in [6.45, 7) is 5.43. The van der Waals surface area contributed by atoms with Gasteiger partial charge in [-0.3, -0.25) is 9.59 Å². The molecule has 0 fully saturated rings. The fraction of sp³-hybridized carbons (Fsp3) is 0.385. The Balaban J connectivity index is 3.37. The largest absolute Gasteiger partial charge is 0.480 e. The van der Waals surface area contributed by atoms with E-state index in [1.807, 2.05) is 20.8 Å². The molecular formula is C13H17BrN2O3. The molecule has 0 heterocycles. The summed E-state index contributed by atoms with van der Waals surface area (Å²) in [5.74, 6) is -1.55. The molecule has 3 N–H and O–H groups in total. The molecule has 0 radical (unpaired) electrons. The minimum absolute atomic E-state index is 0.203. The second-order valence-electron chi connectivity index (χ2n) is 5.18. The number of primary amides is 1. The molecule has 1 rings (SSSR count). The van der Waals surface area contributed by atoms with E-state index in [4.69, 9.17) is 10.8 Å². The van der Waals surface area contributed by atoms with Crippen LogP contribution in [0.5, 0.6) is 0 Å². The van der Waals surface area contributed by atoms with E-state index in [0.717, 1.165) is 0 Å². The number of nitrogens with zero attached hydrogens (tertiary/aromatic N) is 1. The summed E-state index contributed by atoms with van der Waals surface area (Å²) in [4.78, 5) is 24.2. The molecular weight excluding hydrogens is 312 g/mol. The van der Waals surface area contributed by atoms with Crippen molar-refractivity contribution in [2.24, 2.45) is 5.73 Å². The fourth-order valence-corrected chi connectivity index (χ4v) is 2.12. The SMILES string of the molecule is CC(C)(C)N(CC(=O)O)c1ccc(Br)cc1C(N)=O. The summed E-state index contributed by atoms with van der Waals surface area (Å²) in [7, 11) is 0. The van der Waals surface area contributed by atoms with Crippen molar-refractivity contribution in [3.05, 3.63) is 28.2 Å². The number of carbonyl (C=O) groups is 2. The third kappa shape index (κ3) is 3.96. The molecule has 1 aromatic rings. The van der Waals surface area contributed by atoms with Gasteiger partial charge in [0.25, 0.3) is 5.91 Å². The van der Waals surface area contributed by atoms with Gasteiger partial charge in [0.15, 0.2) is 0 Å². The number of hydrogen-bond donors (Lipinski definition) is 2. The topological polar surface area (TPSA) is 83.6 Å². The van der Waals surface area contributed by atoms with Crippen LogP contribution in [0.15, 0.2) is 22.7 Å². The highest BCUT2D eigenvalue weighted by Gasteiger charge is 2.27. The van der Waals surface area contributed by atoms with E-state index in [1.165, 1.54) is 0 Å². The average Bonchev–Trinajstić information content (AvgIpc) is 2.24. The van der Waals surface area contributed by atoms with Gasteiger partial charge in [-0.1, -0.05) is 15.9 Å². The first kappa shape index (κ1) is 15.5. The van der Waals surface area contributed by atoms with Crippen LogP contribution < -0.4 is 10.6 Å². The first-order valence-corrected chi connectivity index (χ1v) is 6.51. The summed E-state index contributed by atoms with van der Waals surface area (Å²) in [5.41, 5.74) is 5.73. The lowest BCUT2D eigenvalue weighted by Crippen LogP contribution is -2.45. The highest BCUT2D eigenvalue weighted by molar-refractivity contribution is 9.10. The van der Waals surface area contributed by atoms with Gasteiger partial charge in [-0.15, -0.1) is 0 Å². The summed E-state index contributed by atoms with van der Waals surface area (Å²) >= 11 is 3.27. The number of aliphatic carboxylic acids is 1. The Morgan fingerprint density at radius 2 is 1.95 bits per heavy atom. The third-order valence-corrected chi connectivity index (χ3v) is 3.11. The van der Waals surface area contributed by atoms with Crippen LogP contribution >= 0.6 is 15.9 Å². The Labute approximate surface area is 120 Å². The second kappa shape index (κ2) is 5.61. The van der Waals surface area contributed by atoms with E-state index in [0.29, 0.717) is 15.7 Å². The van der Waals surface area contributed by atoms with Crippen LogP contribution in [0.3, 0.4) is 0 Å². The molecule has 0 unspecified atom stereocenters. The number of amides is 1. The molecule has 0 bridgehead atoms. The van der Waals surface area contributed by atoms with Crippen LogP contribution in [-0.2, 0) is 4.79 Å². The van der Waals surface area contributed by atoms with Crippen molar-refractivity contribution in [3.63, 3.8) is 0 Å². The summed E-state index contributed by atoms with van der Waals surface area (Å²) in [6, 6.07) is 5.04. The molecule has 0 spiro atoms. The van der Waals surface area contributed by atoms with Crippen molar-refractivity contribution in [1.29, 1.82) is 0 Å². The lowest BCUT2D eigenvalue weighted by molar-refractivity contribution is -0.135. The fourth-order valence-electron chi connectivity index (χ4n) is 1.76. The number of anilines is 1. The van der Waals surface area contributed by atoms with Gasteiger partial charge in [-0.25, -0.2) is 0 Å². The van der Waals surface area contributed by atoms with E-state index in [2.05, 4.69) is 15.9 Å². The van der Waals surface area contributed by atoms with Gasteiger partial charge in [-0.05, 0) is 39.0 Å². The summed E-state index contributed by atoms with van der Waals surface area (Å²) in [5, 5.41) is 9.03. The number of carbonyl (C=O) groups excluding carboxylic acids is 1. The van der Waals surface area contributed by atoms with Gasteiger partial charge < -0.3 is 15.7 Å². The van der Waals surface area contributed by atoms with Gasteiger partial charge in [0.1, 0.15) is 6.54 Å². The van der Waals surface area contributed by atoms with Crippen LogP contribution in [0.1, 0.15) is 31.1 Å². The monoisotopic (exact) mass is 328 g/mol. The van der Waals surface area contributed by atoms with Crippen molar-refractivity contribution in [3.8, 4) is 0 Å². The zero-order chi connectivity index (χ0) is 14.8.